The fraction of sp³-hybridized carbons (Fsp3) is 1.00. The maximum absolute atomic E-state index is 11.5. The molecule has 1 aliphatic carbocycles. The molecule has 0 amide bonds. The molecule has 0 heterocycles. The normalized spacial score (nSPS) is 28.3. The number of rotatable bonds is 5. The summed E-state index contributed by atoms with van der Waals surface area (Å²) in [7, 11) is -2.92. The Labute approximate surface area is 105 Å². The second-order valence-electron chi connectivity index (χ2n) is 5.42. The van der Waals surface area contributed by atoms with Crippen molar-refractivity contribution in [2.24, 2.45) is 11.7 Å². The van der Waals surface area contributed by atoms with Crippen LogP contribution in [0.1, 0.15) is 39.5 Å². The number of hydrogen-bond donors (Lipinski definition) is 1. The third kappa shape index (κ3) is 4.94. The Balaban J connectivity index is 2.49. The lowest BCUT2D eigenvalue weighted by atomic mass is 9.84. The van der Waals surface area contributed by atoms with Gasteiger partial charge in [-0.25, -0.2) is 8.42 Å². The first kappa shape index (κ1) is 14.9. The van der Waals surface area contributed by atoms with E-state index in [1.165, 1.54) is 6.26 Å². The van der Waals surface area contributed by atoms with E-state index in [2.05, 4.69) is 0 Å². The Hall–Kier alpha value is -0.130. The average Bonchev–Trinajstić information content (AvgIpc) is 2.25. The van der Waals surface area contributed by atoms with Crippen molar-refractivity contribution in [2.45, 2.75) is 56.9 Å². The average molecular weight is 263 g/mol. The lowest BCUT2D eigenvalue weighted by molar-refractivity contribution is 0.0528. The van der Waals surface area contributed by atoms with Crippen LogP contribution in [0.2, 0.25) is 0 Å². The zero-order valence-electron chi connectivity index (χ0n) is 11.1. The van der Waals surface area contributed by atoms with E-state index in [0.717, 1.165) is 19.3 Å². The topological polar surface area (TPSA) is 69.4 Å². The Bertz CT molecular complexity index is 327. The first-order valence-corrected chi connectivity index (χ1v) is 8.32. The van der Waals surface area contributed by atoms with Gasteiger partial charge < -0.3 is 10.5 Å². The Morgan fingerprint density at radius 2 is 2.00 bits per heavy atom. The van der Waals surface area contributed by atoms with Crippen LogP contribution in [0.25, 0.3) is 0 Å². The molecule has 2 N–H and O–H groups in total. The molecule has 1 fully saturated rings. The predicted octanol–water partition coefficient (Wildman–Crippen LogP) is 1.34. The monoisotopic (exact) mass is 263 g/mol. The quantitative estimate of drug-likeness (QED) is 0.812. The molecule has 17 heavy (non-hydrogen) atoms. The Morgan fingerprint density at radius 3 is 2.53 bits per heavy atom. The highest BCUT2D eigenvalue weighted by Crippen LogP contribution is 2.30. The molecule has 4 nitrogen and oxygen atoms in total. The smallest absolute Gasteiger partial charge is 0.150 e. The van der Waals surface area contributed by atoms with Crippen LogP contribution in [0.15, 0.2) is 0 Å². The lowest BCUT2D eigenvalue weighted by Gasteiger charge is -2.32. The van der Waals surface area contributed by atoms with Crippen LogP contribution < -0.4 is 5.73 Å². The van der Waals surface area contributed by atoms with Crippen LogP contribution in [-0.2, 0) is 14.6 Å². The zero-order valence-corrected chi connectivity index (χ0v) is 11.9. The zero-order chi connectivity index (χ0) is 13.1. The molecule has 0 aromatic rings. The van der Waals surface area contributed by atoms with Gasteiger partial charge in [0.1, 0.15) is 9.84 Å². The van der Waals surface area contributed by atoms with Crippen LogP contribution in [0.5, 0.6) is 0 Å². The second-order valence-corrected chi connectivity index (χ2v) is 7.75. The standard InChI is InChI=1S/C12H25NO3S/c1-9(2)16-8-12(13)10-5-4-6-11(7-10)17(3,14)15/h9-12H,4-8,13H2,1-3H3. The molecule has 0 radical (unpaired) electrons. The molecule has 3 unspecified atom stereocenters. The van der Waals surface area contributed by atoms with Crippen LogP contribution in [0.4, 0.5) is 0 Å². The first-order valence-electron chi connectivity index (χ1n) is 6.36. The summed E-state index contributed by atoms with van der Waals surface area (Å²) in [6.07, 6.45) is 4.97. The van der Waals surface area contributed by atoms with Gasteiger partial charge in [0.25, 0.3) is 0 Å². The number of sulfone groups is 1. The summed E-state index contributed by atoms with van der Waals surface area (Å²) >= 11 is 0. The van der Waals surface area contributed by atoms with Crippen molar-refractivity contribution < 1.29 is 13.2 Å². The maximum Gasteiger partial charge on any atom is 0.150 e. The second kappa shape index (κ2) is 6.16. The highest BCUT2D eigenvalue weighted by molar-refractivity contribution is 7.91. The fourth-order valence-electron chi connectivity index (χ4n) is 2.40. The minimum Gasteiger partial charge on any atom is -0.377 e. The summed E-state index contributed by atoms with van der Waals surface area (Å²) < 4.78 is 28.6. The van der Waals surface area contributed by atoms with Crippen LogP contribution >= 0.6 is 0 Å². The van der Waals surface area contributed by atoms with E-state index in [9.17, 15) is 8.42 Å². The summed E-state index contributed by atoms with van der Waals surface area (Å²) in [5, 5.41) is -0.202. The van der Waals surface area contributed by atoms with Gasteiger partial charge in [0.15, 0.2) is 0 Å². The highest BCUT2D eigenvalue weighted by atomic mass is 32.2. The van der Waals surface area contributed by atoms with E-state index in [-0.39, 0.29) is 23.3 Å². The van der Waals surface area contributed by atoms with E-state index in [4.69, 9.17) is 10.5 Å². The molecule has 1 saturated carbocycles. The molecule has 0 aliphatic heterocycles. The van der Waals surface area contributed by atoms with Crippen LogP contribution in [0, 0.1) is 5.92 Å². The van der Waals surface area contributed by atoms with E-state index >= 15 is 0 Å². The largest absolute Gasteiger partial charge is 0.377 e. The van der Waals surface area contributed by atoms with Crippen LogP contribution in [-0.4, -0.2) is 38.7 Å². The minimum atomic E-state index is -2.92. The predicted molar refractivity (Wildman–Crippen MR) is 69.7 cm³/mol. The Morgan fingerprint density at radius 1 is 1.35 bits per heavy atom. The number of nitrogens with two attached hydrogens (primary N) is 1. The molecule has 0 spiro atoms. The molecule has 0 aromatic heterocycles. The third-order valence-corrected chi connectivity index (χ3v) is 5.14. The first-order chi connectivity index (χ1) is 7.80. The minimum absolute atomic E-state index is 0.0399. The highest BCUT2D eigenvalue weighted by Gasteiger charge is 2.31. The molecule has 0 aromatic carbocycles. The molecule has 102 valence electrons. The van der Waals surface area contributed by atoms with E-state index < -0.39 is 9.84 Å². The van der Waals surface area contributed by atoms with E-state index in [1.54, 1.807) is 0 Å². The summed E-state index contributed by atoms with van der Waals surface area (Å²) in [5.41, 5.74) is 6.08. The van der Waals surface area contributed by atoms with Gasteiger partial charge in [0.05, 0.1) is 18.0 Å². The van der Waals surface area contributed by atoms with E-state index in [1.807, 2.05) is 13.8 Å². The van der Waals surface area contributed by atoms with Crippen molar-refractivity contribution in [3.05, 3.63) is 0 Å². The Kier molecular flexibility index (Phi) is 5.41. The molecular formula is C12H25NO3S. The molecule has 3 atom stereocenters. The molecule has 0 saturated heterocycles. The van der Waals surface area contributed by atoms with E-state index in [0.29, 0.717) is 13.0 Å². The van der Waals surface area contributed by atoms with Gasteiger partial charge >= 0.3 is 0 Å². The van der Waals surface area contributed by atoms with Gasteiger partial charge in [-0.1, -0.05) is 6.42 Å². The fourth-order valence-corrected chi connectivity index (χ4v) is 3.59. The summed E-state index contributed by atoms with van der Waals surface area (Å²) in [4.78, 5) is 0. The van der Waals surface area contributed by atoms with Crippen molar-refractivity contribution in [3.63, 3.8) is 0 Å². The van der Waals surface area contributed by atoms with Gasteiger partial charge in [-0.05, 0) is 39.0 Å². The van der Waals surface area contributed by atoms with Crippen molar-refractivity contribution >= 4 is 9.84 Å². The molecule has 1 rings (SSSR count). The molecular weight excluding hydrogens is 238 g/mol. The summed E-state index contributed by atoms with van der Waals surface area (Å²) in [6, 6.07) is -0.0399. The molecule has 1 aliphatic rings. The summed E-state index contributed by atoms with van der Waals surface area (Å²) in [5.74, 6) is 0.280. The van der Waals surface area contributed by atoms with Crippen molar-refractivity contribution in [2.75, 3.05) is 12.9 Å². The van der Waals surface area contributed by atoms with Gasteiger partial charge in [-0.3, -0.25) is 0 Å². The molecule has 5 heteroatoms. The maximum atomic E-state index is 11.5. The van der Waals surface area contributed by atoms with Crippen molar-refractivity contribution in [1.82, 2.24) is 0 Å². The molecule has 0 bridgehead atoms. The van der Waals surface area contributed by atoms with Crippen molar-refractivity contribution in [1.29, 1.82) is 0 Å². The third-order valence-electron chi connectivity index (χ3n) is 3.50. The lowest BCUT2D eigenvalue weighted by Crippen LogP contribution is -2.40. The van der Waals surface area contributed by atoms with Gasteiger partial charge in [0, 0.05) is 12.3 Å². The van der Waals surface area contributed by atoms with Gasteiger partial charge in [0.2, 0.25) is 0 Å². The van der Waals surface area contributed by atoms with Crippen LogP contribution in [0.3, 0.4) is 0 Å². The van der Waals surface area contributed by atoms with Gasteiger partial charge in [-0.2, -0.15) is 0 Å². The van der Waals surface area contributed by atoms with Crippen molar-refractivity contribution in [3.8, 4) is 0 Å². The van der Waals surface area contributed by atoms with Gasteiger partial charge in [-0.15, -0.1) is 0 Å². The summed E-state index contributed by atoms with van der Waals surface area (Å²) in [6.45, 7) is 4.48. The number of ether oxygens (including phenoxy) is 1. The SMILES string of the molecule is CC(C)OCC(N)C1CCCC(S(C)(=O)=O)C1. The number of hydrogen-bond acceptors (Lipinski definition) is 4.